The second kappa shape index (κ2) is 26.9. The van der Waals surface area contributed by atoms with Crippen LogP contribution in [0.15, 0.2) is 218 Å². The Morgan fingerprint density at radius 1 is 0.183 bits per heavy atom. The fourth-order valence-electron chi connectivity index (χ4n) is 12.2. The number of aromatic amines is 2. The molecule has 2 N–H and O–H groups in total. The number of fused-ring (bicyclic) bond motifs is 8. The van der Waals surface area contributed by atoms with E-state index in [1.165, 1.54) is 0 Å². The summed E-state index contributed by atoms with van der Waals surface area (Å²) in [7, 11) is 0. The molecule has 490 valence electrons. The van der Waals surface area contributed by atoms with Crippen LogP contribution in [0.3, 0.4) is 0 Å². The zero-order chi connectivity index (χ0) is 70.0. The Morgan fingerprint density at radius 2 is 0.327 bits per heavy atom. The topological polar surface area (TPSA) is 332 Å². The standard InChI is InChI=1S/C80H46N20O4/c101-41-45-1-9-53(10-2-45)73-85-93-77(94-86-73)57-25-17-49(18-26-57)69-61-33-35-63(81-61)70(50-19-27-58(28-20-50)78-95-87-74(88-96-78)54-11-3-46(42-102)4-12-54)65-37-39-67(83-65)72(52-23-31-60(32-24-52)80-99-91-76(92-100-80)56-15-7-48(44-104)8-16-56)68-40-38-66(84-68)71(64-36-34-62(69)82-64)51-21-29-59(30-22-51)79-97-89-75(90-98-79)55-13-5-47(43-103)6-14-55/h1-44,81,84H. The smallest absolute Gasteiger partial charge is 0.203 e. The number of hydrogen-bond donors (Lipinski definition) is 2. The summed E-state index contributed by atoms with van der Waals surface area (Å²) < 4.78 is 0. The first-order valence-electron chi connectivity index (χ1n) is 32.4. The third-order valence-electron chi connectivity index (χ3n) is 17.6. The highest BCUT2D eigenvalue weighted by molar-refractivity contribution is 6.00. The summed E-state index contributed by atoms with van der Waals surface area (Å²) in [5.41, 5.74) is 19.4. The summed E-state index contributed by atoms with van der Waals surface area (Å²) in [6.45, 7) is 0. The van der Waals surface area contributed by atoms with Crippen molar-refractivity contribution >= 4 is 71.5 Å². The number of carbonyl (C=O) groups excluding carboxylic acids is 4. The lowest BCUT2D eigenvalue weighted by Gasteiger charge is -2.08. The quantitative estimate of drug-likeness (QED) is 0.0849. The monoisotopic (exact) mass is 1350 g/mol. The Morgan fingerprint density at radius 3 is 0.481 bits per heavy atom. The number of benzene rings is 8. The summed E-state index contributed by atoms with van der Waals surface area (Å²) in [5, 5.41) is 70.9. The van der Waals surface area contributed by atoms with Gasteiger partial charge in [-0.25, -0.2) is 9.97 Å². The van der Waals surface area contributed by atoms with Crippen molar-refractivity contribution in [1.29, 1.82) is 0 Å². The average molecular weight is 1350 g/mol. The van der Waals surface area contributed by atoms with Gasteiger partial charge in [0.25, 0.3) is 0 Å². The van der Waals surface area contributed by atoms with Gasteiger partial charge in [-0.2, -0.15) is 0 Å². The lowest BCUT2D eigenvalue weighted by Crippen LogP contribution is -1.99. The molecule has 0 amide bonds. The SMILES string of the molecule is O=Cc1ccc(-c2nnc(-c3ccc(-c4c5nc(c(-c6ccc(-c7nnc(-c8ccc(C=O)cc8)nn7)cc6)c6ccc([nH]6)c(-c6ccc(-c7nnc(-c8ccc(C=O)cc8)nn7)cc6)c6nc(c(-c7ccc(-c8nnc(-c9ccc(C=O)cc9)nn8)cc7)c7ccc4[nH]7)C=C6)C=C5)cc3)nn2)cc1. The van der Waals surface area contributed by atoms with E-state index in [9.17, 15) is 19.2 Å². The van der Waals surface area contributed by atoms with Crippen molar-refractivity contribution in [2.45, 2.75) is 0 Å². The van der Waals surface area contributed by atoms with Crippen LogP contribution in [0, 0.1) is 0 Å². The first-order chi connectivity index (χ1) is 51.3. The molecule has 15 aromatic rings. The molecule has 104 heavy (non-hydrogen) atoms. The molecule has 17 rings (SSSR count). The largest absolute Gasteiger partial charge is 0.354 e. The van der Waals surface area contributed by atoms with Gasteiger partial charge >= 0.3 is 0 Å². The van der Waals surface area contributed by atoms with E-state index in [-0.39, 0.29) is 0 Å². The molecular formula is C80H46N20O4. The Balaban J connectivity index is 0.827. The molecule has 0 saturated carbocycles. The van der Waals surface area contributed by atoms with E-state index >= 15 is 0 Å². The van der Waals surface area contributed by atoms with Gasteiger partial charge in [-0.15, -0.1) is 81.6 Å². The molecule has 0 atom stereocenters. The van der Waals surface area contributed by atoms with Crippen LogP contribution in [0.25, 0.3) is 182 Å². The lowest BCUT2D eigenvalue weighted by molar-refractivity contribution is 0.111. The Hall–Kier alpha value is -15.2. The summed E-state index contributed by atoms with van der Waals surface area (Å²) in [5.74, 6) is 2.51. The van der Waals surface area contributed by atoms with Gasteiger partial charge < -0.3 is 9.97 Å². The van der Waals surface area contributed by atoms with Gasteiger partial charge in [-0.3, -0.25) is 19.2 Å². The van der Waals surface area contributed by atoms with Crippen LogP contribution in [0.4, 0.5) is 0 Å². The van der Waals surface area contributed by atoms with Gasteiger partial charge in [-0.05, 0) is 70.8 Å². The minimum Gasteiger partial charge on any atom is -0.354 e. The maximum absolute atomic E-state index is 11.4. The van der Waals surface area contributed by atoms with E-state index in [0.29, 0.717) is 136 Å². The number of hydrogen-bond acceptors (Lipinski definition) is 22. The first kappa shape index (κ1) is 62.3. The zero-order valence-electron chi connectivity index (χ0n) is 54.1. The van der Waals surface area contributed by atoms with Crippen molar-refractivity contribution in [2.75, 3.05) is 0 Å². The van der Waals surface area contributed by atoms with Crippen LogP contribution >= 0.6 is 0 Å². The molecule has 8 bridgehead atoms. The molecule has 8 aromatic carbocycles. The van der Waals surface area contributed by atoms with Crippen LogP contribution in [-0.2, 0) is 0 Å². The number of nitrogens with zero attached hydrogens (tertiary/aromatic N) is 18. The maximum atomic E-state index is 11.4. The van der Waals surface area contributed by atoms with E-state index in [0.717, 1.165) is 91.7 Å². The minimum absolute atomic E-state index is 0.313. The summed E-state index contributed by atoms with van der Waals surface area (Å²) in [4.78, 5) is 64.2. The van der Waals surface area contributed by atoms with Crippen LogP contribution in [-0.4, -0.2) is 127 Å². The van der Waals surface area contributed by atoms with Gasteiger partial charge in [0.1, 0.15) is 25.1 Å². The molecular weight excluding hydrogens is 1310 g/mol. The van der Waals surface area contributed by atoms with Gasteiger partial charge in [0.05, 0.1) is 22.8 Å². The lowest BCUT2D eigenvalue weighted by atomic mass is 10.0. The highest BCUT2D eigenvalue weighted by atomic mass is 16.1. The number of aromatic nitrogens is 20. The molecule has 0 aliphatic carbocycles. The molecule has 24 heteroatoms. The fraction of sp³-hybridized carbons (Fsp3) is 0. The highest BCUT2D eigenvalue weighted by Crippen LogP contribution is 2.40. The zero-order valence-corrected chi connectivity index (χ0v) is 54.1. The van der Waals surface area contributed by atoms with E-state index in [1.54, 1.807) is 97.1 Å². The minimum atomic E-state index is 0.313. The third-order valence-corrected chi connectivity index (χ3v) is 17.6. The van der Waals surface area contributed by atoms with Crippen molar-refractivity contribution in [1.82, 2.24) is 102 Å². The fourth-order valence-corrected chi connectivity index (χ4v) is 12.2. The van der Waals surface area contributed by atoms with Crippen LogP contribution in [0.5, 0.6) is 0 Å². The number of nitrogens with one attached hydrogen (secondary N) is 2. The normalized spacial score (nSPS) is 11.5. The summed E-state index contributed by atoms with van der Waals surface area (Å²) >= 11 is 0. The predicted molar refractivity (Wildman–Crippen MR) is 390 cm³/mol. The Kier molecular flexibility index (Phi) is 16.1. The summed E-state index contributed by atoms with van der Waals surface area (Å²) in [6, 6.07) is 66.9. The highest BCUT2D eigenvalue weighted by Gasteiger charge is 2.22. The van der Waals surface area contributed by atoms with E-state index in [1.807, 2.05) is 146 Å². The second-order valence-corrected chi connectivity index (χ2v) is 24.0. The van der Waals surface area contributed by atoms with Crippen LogP contribution in [0.1, 0.15) is 64.2 Å². The summed E-state index contributed by atoms with van der Waals surface area (Å²) in [6.07, 6.45) is 11.1. The number of aldehydes is 4. The number of H-pyrrole nitrogens is 2. The molecule has 7 aromatic heterocycles. The second-order valence-electron chi connectivity index (χ2n) is 24.0. The van der Waals surface area contributed by atoms with Gasteiger partial charge in [0, 0.05) is 111 Å². The molecule has 0 saturated heterocycles. The molecule has 0 radical (unpaired) electrons. The molecule has 0 fully saturated rings. The average Bonchev–Trinajstić information content (AvgIpc) is 1.61. The van der Waals surface area contributed by atoms with Gasteiger partial charge in [-0.1, -0.05) is 194 Å². The Labute approximate surface area is 588 Å². The molecule has 0 spiro atoms. The molecule has 24 nitrogen and oxygen atoms in total. The van der Waals surface area contributed by atoms with E-state index in [4.69, 9.17) is 9.97 Å². The number of rotatable bonds is 16. The van der Waals surface area contributed by atoms with Crippen molar-refractivity contribution in [3.8, 4) is 136 Å². The molecule has 2 aliphatic heterocycles. The van der Waals surface area contributed by atoms with Gasteiger partial charge in [0.15, 0.2) is 0 Å². The maximum Gasteiger partial charge on any atom is 0.203 e. The molecule has 2 aliphatic rings. The molecule has 0 unspecified atom stereocenters. The van der Waals surface area contributed by atoms with Crippen LogP contribution < -0.4 is 0 Å². The van der Waals surface area contributed by atoms with E-state index < -0.39 is 0 Å². The molecule has 9 heterocycles. The number of carbonyl (C=O) groups is 4. The van der Waals surface area contributed by atoms with E-state index in [2.05, 4.69) is 91.5 Å². The van der Waals surface area contributed by atoms with Crippen molar-refractivity contribution in [2.24, 2.45) is 0 Å². The van der Waals surface area contributed by atoms with Crippen molar-refractivity contribution < 1.29 is 19.2 Å². The van der Waals surface area contributed by atoms with Crippen molar-refractivity contribution in [3.63, 3.8) is 0 Å². The third kappa shape index (κ3) is 12.2. The van der Waals surface area contributed by atoms with Crippen molar-refractivity contribution in [3.05, 3.63) is 263 Å². The van der Waals surface area contributed by atoms with Crippen LogP contribution in [0.2, 0.25) is 0 Å². The Bertz CT molecular complexity index is 5340. The van der Waals surface area contributed by atoms with Gasteiger partial charge in [0.2, 0.25) is 46.6 Å². The predicted octanol–water partition coefficient (Wildman–Crippen LogP) is 14.2. The first-order valence-corrected chi connectivity index (χ1v) is 32.4.